The van der Waals surface area contributed by atoms with E-state index in [4.69, 9.17) is 0 Å². The van der Waals surface area contributed by atoms with Gasteiger partial charge in [-0.3, -0.25) is 0 Å². The summed E-state index contributed by atoms with van der Waals surface area (Å²) in [5.41, 5.74) is 9.08. The maximum Gasteiger partial charge on any atom is -0.0238 e. The standard InChI is InChI=1S/2C17H24P.C14H14.Zr/c2*1-16(2,3)18(17(4,5)6)15-11-13-9-7-8-10-14(13)12-15;1-3-7-13(8-4-1)11-12-14-9-5-2-6-10-14;/h2*7-12H,1-6H3;1-10H,11-12H2;. The zero-order valence-corrected chi connectivity index (χ0v) is 37.8. The van der Waals surface area contributed by atoms with Crippen LogP contribution >= 0.6 is 15.8 Å². The molecular weight excluding hydrogens is 730 g/mol. The maximum atomic E-state index is 2.64. The molecule has 0 aromatic heterocycles. The van der Waals surface area contributed by atoms with Gasteiger partial charge in [0.15, 0.2) is 0 Å². The Labute approximate surface area is 326 Å². The Hall–Kier alpha value is -1.90. The molecule has 2 aliphatic rings. The Morgan fingerprint density at radius 1 is 0.412 bits per heavy atom. The van der Waals surface area contributed by atoms with E-state index in [0.29, 0.717) is 7.25 Å². The van der Waals surface area contributed by atoms with E-state index >= 15 is 0 Å². The van der Waals surface area contributed by atoms with Crippen LogP contribution in [0.1, 0.15) is 124 Å². The zero-order chi connectivity index (χ0) is 37.2. The number of hydrogen-bond donors (Lipinski definition) is 0. The fraction of sp³-hybridized carbons (Fsp3) is 0.417. The van der Waals surface area contributed by atoms with Crippen molar-refractivity contribution in [1.29, 1.82) is 0 Å². The van der Waals surface area contributed by atoms with Gasteiger partial charge in [0, 0.05) is 0 Å². The van der Waals surface area contributed by atoms with Crippen molar-refractivity contribution in [3.8, 4) is 0 Å². The quantitative estimate of drug-likeness (QED) is 0.164. The van der Waals surface area contributed by atoms with Gasteiger partial charge in [0.25, 0.3) is 0 Å². The molecule has 0 aliphatic heterocycles. The Bertz CT molecular complexity index is 1640. The van der Waals surface area contributed by atoms with Gasteiger partial charge in [-0.2, -0.15) is 0 Å². The fourth-order valence-corrected chi connectivity index (χ4v) is 24.1. The molecule has 51 heavy (non-hydrogen) atoms. The summed E-state index contributed by atoms with van der Waals surface area (Å²) in [7, 11) is -0.605. The molecule has 0 N–H and O–H groups in total. The van der Waals surface area contributed by atoms with Crippen molar-refractivity contribution in [3.05, 3.63) is 153 Å². The zero-order valence-electron chi connectivity index (χ0n) is 33.5. The largest absolute Gasteiger partial charge is 0.0622 e. The minimum absolute atomic E-state index is 0.287. The monoisotopic (exact) mass is 790 g/mol. The molecule has 0 heterocycles. The first-order valence-corrected chi connectivity index (χ1v) is 24.4. The molecule has 4 aromatic rings. The number of rotatable bonds is 7. The van der Waals surface area contributed by atoms with Gasteiger partial charge in [0.1, 0.15) is 0 Å². The van der Waals surface area contributed by atoms with Crippen LogP contribution in [0, 0.1) is 0 Å². The van der Waals surface area contributed by atoms with Gasteiger partial charge in [0.2, 0.25) is 0 Å². The molecule has 0 bridgehead atoms. The second-order valence-electron chi connectivity index (χ2n) is 18.3. The average Bonchev–Trinajstić information content (AvgIpc) is 3.56. The van der Waals surface area contributed by atoms with E-state index in [-0.39, 0.29) is 36.5 Å². The first-order chi connectivity index (χ1) is 23.9. The summed E-state index contributed by atoms with van der Waals surface area (Å²) < 4.78 is 1.31. The molecule has 0 amide bonds. The molecule has 2 atom stereocenters. The molecule has 2 unspecified atom stereocenters. The van der Waals surface area contributed by atoms with Crippen molar-refractivity contribution in [3.63, 3.8) is 0 Å². The fourth-order valence-electron chi connectivity index (χ4n) is 8.66. The summed E-state index contributed by atoms with van der Waals surface area (Å²) in [6, 6.07) is 40.0. The van der Waals surface area contributed by atoms with Gasteiger partial charge in [-0.25, -0.2) is 0 Å². The minimum atomic E-state index is -0.962. The van der Waals surface area contributed by atoms with Crippen LogP contribution in [0.5, 0.6) is 0 Å². The van der Waals surface area contributed by atoms with Crippen LogP contribution in [-0.4, -0.2) is 20.6 Å². The molecular formula is C48H62P2Zr. The Morgan fingerprint density at radius 3 is 1.02 bits per heavy atom. The van der Waals surface area contributed by atoms with E-state index in [9.17, 15) is 0 Å². The summed E-state index contributed by atoms with van der Waals surface area (Å²) >= 11 is -0.962. The van der Waals surface area contributed by atoms with E-state index < -0.39 is 23.2 Å². The van der Waals surface area contributed by atoms with E-state index in [2.05, 4.69) is 204 Å². The summed E-state index contributed by atoms with van der Waals surface area (Å²) in [5.74, 6) is 0. The van der Waals surface area contributed by atoms with E-state index in [1.54, 1.807) is 21.8 Å². The number of allylic oxidation sites excluding steroid dienone is 2. The van der Waals surface area contributed by atoms with E-state index in [0.717, 1.165) is 12.8 Å². The molecule has 268 valence electrons. The van der Waals surface area contributed by atoms with Gasteiger partial charge in [-0.05, 0) is 24.0 Å². The van der Waals surface area contributed by atoms with Crippen molar-refractivity contribution in [2.75, 3.05) is 0 Å². The molecule has 0 saturated carbocycles. The van der Waals surface area contributed by atoms with Crippen LogP contribution in [0.15, 0.2) is 120 Å². The normalized spacial score (nSPS) is 17.4. The predicted octanol–water partition coefficient (Wildman–Crippen LogP) is 14.9. The molecule has 6 rings (SSSR count). The van der Waals surface area contributed by atoms with Crippen molar-refractivity contribution < 1.29 is 23.2 Å². The Kier molecular flexibility index (Phi) is 12.8. The topological polar surface area (TPSA) is 0 Å². The second kappa shape index (κ2) is 16.2. The minimum Gasteiger partial charge on any atom is -0.0622 e. The Morgan fingerprint density at radius 2 is 0.706 bits per heavy atom. The van der Waals surface area contributed by atoms with Crippen LogP contribution in [0.2, 0.25) is 0 Å². The van der Waals surface area contributed by atoms with Crippen LogP contribution < -0.4 is 0 Å². The van der Waals surface area contributed by atoms with E-state index in [1.165, 1.54) is 22.3 Å². The van der Waals surface area contributed by atoms with Crippen molar-refractivity contribution in [1.82, 2.24) is 0 Å². The number of aryl methyl sites for hydroxylation is 2. The van der Waals surface area contributed by atoms with Crippen LogP contribution in [0.25, 0.3) is 12.2 Å². The summed E-state index contributed by atoms with van der Waals surface area (Å²) in [4.78, 5) is 0. The molecule has 0 radical (unpaired) electrons. The summed E-state index contributed by atoms with van der Waals surface area (Å²) in [5, 5.41) is 4.73. The van der Waals surface area contributed by atoms with Crippen molar-refractivity contribution in [2.24, 2.45) is 0 Å². The smallest absolute Gasteiger partial charge is 0.0238 e. The van der Waals surface area contributed by atoms with Gasteiger partial charge < -0.3 is 0 Å². The third-order valence-electron chi connectivity index (χ3n) is 9.73. The SMILES string of the molecule is CC(C)(C)P(C1=Cc2ccccc2[CH]1[Zr][CH]1C(P(C(C)(C)C)C(C)(C)C)=Cc2ccccc21)C(C)(C)C.c1ccc(CCc2ccccc2)cc1. The van der Waals surface area contributed by atoms with Crippen LogP contribution in [0.3, 0.4) is 0 Å². The van der Waals surface area contributed by atoms with Gasteiger partial charge in [-0.15, -0.1) is 0 Å². The van der Waals surface area contributed by atoms with Crippen LogP contribution in [-0.2, 0) is 36.1 Å². The number of fused-ring (bicyclic) bond motifs is 2. The van der Waals surface area contributed by atoms with Crippen molar-refractivity contribution in [2.45, 2.75) is 124 Å². The molecule has 0 fully saturated rings. The summed E-state index contributed by atoms with van der Waals surface area (Å²) in [6.07, 6.45) is 7.54. The number of hydrogen-bond acceptors (Lipinski definition) is 0. The van der Waals surface area contributed by atoms with Crippen LogP contribution in [0.4, 0.5) is 0 Å². The molecule has 4 aromatic carbocycles. The van der Waals surface area contributed by atoms with Gasteiger partial charge in [-0.1, -0.05) is 60.7 Å². The second-order valence-corrected chi connectivity index (χ2v) is 29.7. The predicted molar refractivity (Wildman–Crippen MR) is 227 cm³/mol. The number of benzene rings is 4. The Balaban J connectivity index is 0.000000299. The van der Waals surface area contributed by atoms with Gasteiger partial charge >= 0.3 is 244 Å². The van der Waals surface area contributed by atoms with Gasteiger partial charge in [0.05, 0.1) is 0 Å². The third kappa shape index (κ3) is 10.0. The molecule has 0 spiro atoms. The molecule has 0 nitrogen and oxygen atoms in total. The summed E-state index contributed by atoms with van der Waals surface area (Å²) in [6.45, 7) is 29.9. The molecule has 0 saturated heterocycles. The molecule has 3 heteroatoms. The first-order valence-electron chi connectivity index (χ1n) is 18.9. The first kappa shape index (κ1) is 40.3. The van der Waals surface area contributed by atoms with E-state index in [1.807, 2.05) is 0 Å². The average molecular weight is 792 g/mol. The maximum absolute atomic E-state index is 2.64. The third-order valence-corrected chi connectivity index (χ3v) is 22.8. The van der Waals surface area contributed by atoms with Crippen molar-refractivity contribution >= 4 is 28.0 Å². The molecule has 2 aliphatic carbocycles.